The van der Waals surface area contributed by atoms with Gasteiger partial charge in [0.05, 0.1) is 18.8 Å². The Labute approximate surface area is 196 Å². The number of rotatable bonds is 6. The van der Waals surface area contributed by atoms with E-state index in [2.05, 4.69) is 18.8 Å². The zero-order chi connectivity index (χ0) is 24.1. The van der Waals surface area contributed by atoms with Gasteiger partial charge in [-0.2, -0.15) is 0 Å². The summed E-state index contributed by atoms with van der Waals surface area (Å²) < 4.78 is 67.9. The second-order valence-corrected chi connectivity index (χ2v) is 8.62. The van der Waals surface area contributed by atoms with Gasteiger partial charge in [0.2, 0.25) is 0 Å². The summed E-state index contributed by atoms with van der Waals surface area (Å²) >= 11 is 0. The lowest BCUT2D eigenvalue weighted by Gasteiger charge is -2.29. The number of ether oxygens (including phenoxy) is 2. The Kier molecular flexibility index (Phi) is 7.87. The molecule has 0 N–H and O–H groups in total. The van der Waals surface area contributed by atoms with E-state index in [4.69, 9.17) is 9.47 Å². The van der Waals surface area contributed by atoms with E-state index in [9.17, 15) is 17.6 Å². The first kappa shape index (κ1) is 24.3. The molecular weight excluding hydrogens is 444 g/mol. The van der Waals surface area contributed by atoms with Gasteiger partial charge in [0, 0.05) is 23.3 Å². The van der Waals surface area contributed by atoms with E-state index in [-0.39, 0.29) is 17.2 Å². The zero-order valence-corrected chi connectivity index (χ0v) is 19.0. The van der Waals surface area contributed by atoms with Crippen LogP contribution in [0.25, 0.3) is 10.8 Å². The average molecular weight is 471 g/mol. The van der Waals surface area contributed by atoms with Crippen LogP contribution in [0, 0.1) is 41.0 Å². The molecule has 34 heavy (non-hydrogen) atoms. The molecule has 3 aromatic carbocycles. The van der Waals surface area contributed by atoms with Gasteiger partial charge in [-0.25, -0.2) is 17.6 Å². The maximum atomic E-state index is 14.6. The summed E-state index contributed by atoms with van der Waals surface area (Å²) in [4.78, 5) is 0. The normalized spacial score (nSPS) is 18.0. The number of unbranched alkanes of at least 4 members (excludes halogenated alkanes) is 1. The van der Waals surface area contributed by atoms with Crippen LogP contribution in [0.15, 0.2) is 42.5 Å². The van der Waals surface area contributed by atoms with Gasteiger partial charge >= 0.3 is 0 Å². The first-order valence-corrected chi connectivity index (χ1v) is 11.6. The van der Waals surface area contributed by atoms with Crippen LogP contribution in [0.4, 0.5) is 17.6 Å². The van der Waals surface area contributed by atoms with Crippen molar-refractivity contribution in [3.05, 3.63) is 82.4 Å². The topological polar surface area (TPSA) is 18.5 Å². The molecule has 6 heteroatoms. The van der Waals surface area contributed by atoms with Crippen molar-refractivity contribution >= 4 is 10.8 Å². The van der Waals surface area contributed by atoms with Gasteiger partial charge in [-0.1, -0.05) is 43.7 Å². The molecule has 0 aromatic heterocycles. The maximum Gasteiger partial charge on any atom is 0.166 e. The predicted molar refractivity (Wildman–Crippen MR) is 123 cm³/mol. The summed E-state index contributed by atoms with van der Waals surface area (Å²) in [6.45, 7) is 3.45. The fourth-order valence-electron chi connectivity index (χ4n) is 4.06. The van der Waals surface area contributed by atoms with Crippen molar-refractivity contribution in [2.75, 3.05) is 13.2 Å². The third-order valence-electron chi connectivity index (χ3n) is 6.01. The number of hydrogen-bond donors (Lipinski definition) is 0. The third kappa shape index (κ3) is 5.78. The van der Waals surface area contributed by atoms with E-state index in [0.717, 1.165) is 25.3 Å². The van der Waals surface area contributed by atoms with Crippen LogP contribution in [0.1, 0.15) is 49.3 Å². The summed E-state index contributed by atoms with van der Waals surface area (Å²) in [5, 5.41) is 0.570. The van der Waals surface area contributed by atoms with Crippen LogP contribution in [0.3, 0.4) is 0 Å². The van der Waals surface area contributed by atoms with Gasteiger partial charge in [0.1, 0.15) is 11.6 Å². The van der Waals surface area contributed by atoms with E-state index in [0.29, 0.717) is 48.5 Å². The Morgan fingerprint density at radius 1 is 0.853 bits per heavy atom. The molecule has 4 rings (SSSR count). The standard InChI is InChI=1S/C28H26F4O2/c1-2-3-4-20-16-33-27(34-17-20)12-7-19-14-25(30)23(26(31)15-19)10-6-18-5-9-22-21(13-18)8-11-24(29)28(22)32/h5,8-9,11,13-15,20,27H,2-4,7,12,16-17H2,1H3. The molecule has 178 valence electrons. The largest absolute Gasteiger partial charge is 0.352 e. The van der Waals surface area contributed by atoms with Crippen LogP contribution in [-0.4, -0.2) is 19.5 Å². The molecule has 0 unspecified atom stereocenters. The maximum absolute atomic E-state index is 14.6. The molecule has 0 bridgehead atoms. The highest BCUT2D eigenvalue weighted by atomic mass is 19.2. The van der Waals surface area contributed by atoms with Gasteiger partial charge in [-0.15, -0.1) is 0 Å². The minimum absolute atomic E-state index is 0.120. The molecule has 1 aliphatic rings. The van der Waals surface area contributed by atoms with Crippen LogP contribution in [0.5, 0.6) is 0 Å². The molecule has 2 nitrogen and oxygen atoms in total. The number of hydrogen-bond acceptors (Lipinski definition) is 2. The summed E-state index contributed by atoms with van der Waals surface area (Å²) in [6.07, 6.45) is 3.93. The molecular formula is C28H26F4O2. The molecule has 0 atom stereocenters. The average Bonchev–Trinajstić information content (AvgIpc) is 2.84. The highest BCUT2D eigenvalue weighted by molar-refractivity contribution is 5.84. The van der Waals surface area contributed by atoms with Gasteiger partial charge in [-0.05, 0) is 54.1 Å². The number of fused-ring (bicyclic) bond motifs is 1. The molecule has 0 radical (unpaired) electrons. The summed E-state index contributed by atoms with van der Waals surface area (Å²) in [7, 11) is 0. The van der Waals surface area contributed by atoms with Crippen LogP contribution in [0.2, 0.25) is 0 Å². The minimum Gasteiger partial charge on any atom is -0.352 e. The van der Waals surface area contributed by atoms with E-state index in [1.807, 2.05) is 0 Å². The molecule has 0 spiro atoms. The lowest BCUT2D eigenvalue weighted by atomic mass is 10.0. The summed E-state index contributed by atoms with van der Waals surface area (Å²) in [5.41, 5.74) is 0.604. The molecule has 0 amide bonds. The molecule has 1 fully saturated rings. The SMILES string of the molecule is CCCCC1COC(CCc2cc(F)c(C#Cc3ccc4c(F)c(F)ccc4c3)c(F)c2)OC1. The van der Waals surface area contributed by atoms with E-state index >= 15 is 0 Å². The second kappa shape index (κ2) is 11.0. The number of aryl methyl sites for hydroxylation is 1. The monoisotopic (exact) mass is 470 g/mol. The predicted octanol–water partition coefficient (Wildman–Crippen LogP) is 6.91. The van der Waals surface area contributed by atoms with Crippen molar-refractivity contribution in [1.29, 1.82) is 0 Å². The van der Waals surface area contributed by atoms with Crippen molar-refractivity contribution in [1.82, 2.24) is 0 Å². The molecule has 0 saturated carbocycles. The molecule has 3 aromatic rings. The Hall–Kier alpha value is -2.88. The molecule has 1 heterocycles. The summed E-state index contributed by atoms with van der Waals surface area (Å²) in [5.74, 6) is 2.26. The molecule has 1 aliphatic heterocycles. The fourth-order valence-corrected chi connectivity index (χ4v) is 4.06. The molecule has 1 saturated heterocycles. The quantitative estimate of drug-likeness (QED) is 0.288. The van der Waals surface area contributed by atoms with E-state index in [1.54, 1.807) is 6.07 Å². The Morgan fingerprint density at radius 3 is 2.29 bits per heavy atom. The summed E-state index contributed by atoms with van der Waals surface area (Å²) in [6, 6.07) is 9.44. The van der Waals surface area contributed by atoms with Crippen molar-refractivity contribution in [3.63, 3.8) is 0 Å². The first-order chi connectivity index (χ1) is 16.4. The third-order valence-corrected chi connectivity index (χ3v) is 6.01. The van der Waals surface area contributed by atoms with Crippen molar-refractivity contribution in [2.45, 2.75) is 45.3 Å². The first-order valence-electron chi connectivity index (χ1n) is 11.6. The van der Waals surface area contributed by atoms with Gasteiger partial charge in [-0.3, -0.25) is 0 Å². The highest BCUT2D eigenvalue weighted by Crippen LogP contribution is 2.23. The van der Waals surface area contributed by atoms with Gasteiger partial charge in [0.25, 0.3) is 0 Å². The van der Waals surface area contributed by atoms with E-state index in [1.165, 1.54) is 30.3 Å². The fraction of sp³-hybridized carbons (Fsp3) is 0.357. The van der Waals surface area contributed by atoms with Gasteiger partial charge in [0.15, 0.2) is 17.9 Å². The zero-order valence-electron chi connectivity index (χ0n) is 19.0. The van der Waals surface area contributed by atoms with Crippen molar-refractivity contribution < 1.29 is 27.0 Å². The van der Waals surface area contributed by atoms with Crippen molar-refractivity contribution in [2.24, 2.45) is 5.92 Å². The Balaban J connectivity index is 1.40. The second-order valence-electron chi connectivity index (χ2n) is 8.62. The van der Waals surface area contributed by atoms with Crippen LogP contribution in [-0.2, 0) is 15.9 Å². The smallest absolute Gasteiger partial charge is 0.166 e. The van der Waals surface area contributed by atoms with Crippen LogP contribution < -0.4 is 0 Å². The molecule has 0 aliphatic carbocycles. The van der Waals surface area contributed by atoms with Crippen LogP contribution >= 0.6 is 0 Å². The Morgan fingerprint density at radius 2 is 1.59 bits per heavy atom. The lowest BCUT2D eigenvalue weighted by Crippen LogP contribution is -2.32. The van der Waals surface area contributed by atoms with E-state index < -0.39 is 23.3 Å². The lowest BCUT2D eigenvalue weighted by molar-refractivity contribution is -0.203. The van der Waals surface area contributed by atoms with Gasteiger partial charge < -0.3 is 9.47 Å². The van der Waals surface area contributed by atoms with Crippen molar-refractivity contribution in [3.8, 4) is 11.8 Å². The minimum atomic E-state index is -0.940. The highest BCUT2D eigenvalue weighted by Gasteiger charge is 2.22. The number of halogens is 4. The Bertz CT molecular complexity index is 1200. The number of benzene rings is 3.